The lowest BCUT2D eigenvalue weighted by atomic mass is 9.90. The first-order valence-electron chi connectivity index (χ1n) is 6.96. The molecule has 0 radical (unpaired) electrons. The quantitative estimate of drug-likeness (QED) is 0.760. The molecular formula is C15H20N2O3. The number of hydrogen-bond donors (Lipinski definition) is 3. The first-order valence-corrected chi connectivity index (χ1v) is 6.96. The van der Waals surface area contributed by atoms with Crippen molar-refractivity contribution in [3.8, 4) is 0 Å². The maximum Gasteiger partial charge on any atom is 0.228 e. The van der Waals surface area contributed by atoms with Gasteiger partial charge in [0.05, 0.1) is 12.0 Å². The molecule has 1 heterocycles. The van der Waals surface area contributed by atoms with Crippen LogP contribution in [0.1, 0.15) is 37.7 Å². The van der Waals surface area contributed by atoms with Gasteiger partial charge >= 0.3 is 0 Å². The highest BCUT2D eigenvalue weighted by atomic mass is 16.3. The molecule has 0 spiro atoms. The van der Waals surface area contributed by atoms with Crippen molar-refractivity contribution in [1.82, 2.24) is 5.32 Å². The van der Waals surface area contributed by atoms with E-state index in [0.717, 1.165) is 5.56 Å². The normalized spacial score (nSPS) is 18.9. The zero-order chi connectivity index (χ0) is 14.5. The van der Waals surface area contributed by atoms with Gasteiger partial charge in [0.1, 0.15) is 0 Å². The maximum atomic E-state index is 12.2. The summed E-state index contributed by atoms with van der Waals surface area (Å²) in [6, 6.07) is 7.35. The van der Waals surface area contributed by atoms with Crippen LogP contribution in [0.2, 0.25) is 0 Å². The van der Waals surface area contributed by atoms with Gasteiger partial charge in [-0.1, -0.05) is 25.1 Å². The monoisotopic (exact) mass is 276 g/mol. The molecule has 1 aliphatic rings. The number of aliphatic hydroxyl groups is 1. The summed E-state index contributed by atoms with van der Waals surface area (Å²) < 4.78 is 0. The second-order valence-electron chi connectivity index (χ2n) is 5.03. The van der Waals surface area contributed by atoms with Gasteiger partial charge in [0.2, 0.25) is 11.8 Å². The Morgan fingerprint density at radius 2 is 2.25 bits per heavy atom. The van der Waals surface area contributed by atoms with Crippen molar-refractivity contribution in [2.45, 2.75) is 38.2 Å². The lowest BCUT2D eigenvalue weighted by Crippen LogP contribution is -2.36. The van der Waals surface area contributed by atoms with E-state index in [1.54, 1.807) is 6.07 Å². The summed E-state index contributed by atoms with van der Waals surface area (Å²) in [4.78, 5) is 23.8. The van der Waals surface area contributed by atoms with Crippen LogP contribution in [0.4, 0.5) is 5.69 Å². The number of fused-ring (bicyclic) bond motifs is 1. The Morgan fingerprint density at radius 3 is 3.00 bits per heavy atom. The first kappa shape index (κ1) is 14.5. The third-order valence-corrected chi connectivity index (χ3v) is 3.56. The van der Waals surface area contributed by atoms with Gasteiger partial charge in [-0.2, -0.15) is 0 Å². The van der Waals surface area contributed by atoms with Crippen LogP contribution < -0.4 is 10.6 Å². The Bertz CT molecular complexity index is 502. The molecule has 1 aliphatic heterocycles. The molecule has 0 aliphatic carbocycles. The van der Waals surface area contributed by atoms with Crippen LogP contribution in [0, 0.1) is 0 Å². The van der Waals surface area contributed by atoms with Crippen LogP contribution in [0.15, 0.2) is 24.3 Å². The van der Waals surface area contributed by atoms with Crippen LogP contribution in [0.5, 0.6) is 0 Å². The Morgan fingerprint density at radius 1 is 1.50 bits per heavy atom. The van der Waals surface area contributed by atoms with E-state index in [0.29, 0.717) is 25.1 Å². The fourth-order valence-corrected chi connectivity index (χ4v) is 2.33. The Balaban J connectivity index is 2.01. The van der Waals surface area contributed by atoms with E-state index in [1.165, 1.54) is 0 Å². The van der Waals surface area contributed by atoms with Gasteiger partial charge in [-0.15, -0.1) is 0 Å². The maximum absolute atomic E-state index is 12.2. The number of nitrogens with one attached hydrogen (secondary N) is 2. The van der Waals surface area contributed by atoms with Crippen LogP contribution in [-0.2, 0) is 9.59 Å². The molecule has 2 atom stereocenters. The largest absolute Gasteiger partial charge is 0.393 e. The molecule has 1 aromatic carbocycles. The molecule has 1 aromatic rings. The smallest absolute Gasteiger partial charge is 0.228 e. The molecule has 0 aromatic heterocycles. The van der Waals surface area contributed by atoms with Crippen molar-refractivity contribution < 1.29 is 14.7 Å². The van der Waals surface area contributed by atoms with E-state index in [4.69, 9.17) is 0 Å². The van der Waals surface area contributed by atoms with Crippen molar-refractivity contribution in [3.63, 3.8) is 0 Å². The molecule has 3 N–H and O–H groups in total. The van der Waals surface area contributed by atoms with Gasteiger partial charge in [0, 0.05) is 18.7 Å². The number of carbonyl (C=O) groups excluding carboxylic acids is 2. The number of rotatable bonds is 5. The first-order chi connectivity index (χ1) is 9.61. The highest BCUT2D eigenvalue weighted by Crippen LogP contribution is 2.31. The molecule has 0 saturated heterocycles. The molecule has 108 valence electrons. The number of amides is 2. The summed E-state index contributed by atoms with van der Waals surface area (Å²) in [5, 5.41) is 15.0. The van der Waals surface area contributed by atoms with Gasteiger partial charge in [-0.05, 0) is 24.5 Å². The summed E-state index contributed by atoms with van der Waals surface area (Å²) in [6.07, 6.45) is 0.976. The fourth-order valence-electron chi connectivity index (χ4n) is 2.33. The van der Waals surface area contributed by atoms with Gasteiger partial charge in [0.25, 0.3) is 0 Å². The number of carbonyl (C=O) groups is 2. The SMILES string of the molecule is CCC(O)CCNC(=O)C1CC(=O)Nc2ccccc21. The van der Waals surface area contributed by atoms with Gasteiger partial charge in [0.15, 0.2) is 0 Å². The van der Waals surface area contributed by atoms with Gasteiger partial charge < -0.3 is 15.7 Å². The fraction of sp³-hybridized carbons (Fsp3) is 0.467. The van der Waals surface area contributed by atoms with Crippen LogP contribution in [0.25, 0.3) is 0 Å². The number of hydrogen-bond acceptors (Lipinski definition) is 3. The molecule has 0 saturated carbocycles. The predicted octanol–water partition coefficient (Wildman–Crippen LogP) is 1.39. The topological polar surface area (TPSA) is 78.4 Å². The summed E-state index contributed by atoms with van der Waals surface area (Å²) >= 11 is 0. The minimum absolute atomic E-state index is 0.141. The average molecular weight is 276 g/mol. The van der Waals surface area contributed by atoms with Crippen molar-refractivity contribution in [1.29, 1.82) is 0 Å². The van der Waals surface area contributed by atoms with Gasteiger partial charge in [-0.3, -0.25) is 9.59 Å². The Hall–Kier alpha value is -1.88. The van der Waals surface area contributed by atoms with Crippen molar-refractivity contribution in [3.05, 3.63) is 29.8 Å². The standard InChI is InChI=1S/C15H20N2O3/c1-2-10(18)7-8-16-15(20)12-9-14(19)17-13-6-4-3-5-11(12)13/h3-6,10,12,18H,2,7-9H2,1H3,(H,16,20)(H,17,19). The summed E-state index contributed by atoms with van der Waals surface area (Å²) in [5.41, 5.74) is 1.55. The molecule has 0 bridgehead atoms. The van der Waals surface area contributed by atoms with Crippen LogP contribution >= 0.6 is 0 Å². The molecule has 2 amide bonds. The average Bonchev–Trinajstić information content (AvgIpc) is 2.45. The Kier molecular flexibility index (Phi) is 4.74. The lowest BCUT2D eigenvalue weighted by molar-refractivity contribution is -0.126. The van der Waals surface area contributed by atoms with Crippen molar-refractivity contribution in [2.75, 3.05) is 11.9 Å². The predicted molar refractivity (Wildman–Crippen MR) is 76.4 cm³/mol. The number of benzene rings is 1. The minimum atomic E-state index is -0.446. The molecule has 5 nitrogen and oxygen atoms in total. The van der Waals surface area contributed by atoms with E-state index < -0.39 is 12.0 Å². The summed E-state index contributed by atoms with van der Waals surface area (Å²) in [6.45, 7) is 2.32. The zero-order valence-electron chi connectivity index (χ0n) is 11.6. The molecule has 20 heavy (non-hydrogen) atoms. The van der Waals surface area contributed by atoms with Crippen molar-refractivity contribution in [2.24, 2.45) is 0 Å². The third kappa shape index (κ3) is 3.36. The molecular weight excluding hydrogens is 256 g/mol. The number of anilines is 1. The number of aliphatic hydroxyl groups excluding tert-OH is 1. The number of para-hydroxylation sites is 1. The zero-order valence-corrected chi connectivity index (χ0v) is 11.6. The van der Waals surface area contributed by atoms with E-state index in [9.17, 15) is 14.7 Å². The van der Waals surface area contributed by atoms with Crippen molar-refractivity contribution >= 4 is 17.5 Å². The summed E-state index contributed by atoms with van der Waals surface area (Å²) in [7, 11) is 0. The highest BCUT2D eigenvalue weighted by Gasteiger charge is 2.30. The molecule has 5 heteroatoms. The van der Waals surface area contributed by atoms with Crippen LogP contribution in [0.3, 0.4) is 0 Å². The van der Waals surface area contributed by atoms with Crippen LogP contribution in [-0.4, -0.2) is 29.6 Å². The minimum Gasteiger partial charge on any atom is -0.393 e. The third-order valence-electron chi connectivity index (χ3n) is 3.56. The summed E-state index contributed by atoms with van der Waals surface area (Å²) in [5.74, 6) is -0.744. The van der Waals surface area contributed by atoms with E-state index in [1.807, 2.05) is 25.1 Å². The molecule has 2 rings (SSSR count). The Labute approximate surface area is 118 Å². The molecule has 2 unspecified atom stereocenters. The van der Waals surface area contributed by atoms with E-state index >= 15 is 0 Å². The van der Waals surface area contributed by atoms with Gasteiger partial charge in [-0.25, -0.2) is 0 Å². The lowest BCUT2D eigenvalue weighted by Gasteiger charge is -2.24. The molecule has 0 fully saturated rings. The van der Waals surface area contributed by atoms with E-state index in [-0.39, 0.29) is 18.2 Å². The highest BCUT2D eigenvalue weighted by molar-refractivity contribution is 6.01. The second-order valence-corrected chi connectivity index (χ2v) is 5.03. The second kappa shape index (κ2) is 6.52. The van der Waals surface area contributed by atoms with E-state index in [2.05, 4.69) is 10.6 Å².